The van der Waals surface area contributed by atoms with Crippen LogP contribution < -0.4 is 11.1 Å². The van der Waals surface area contributed by atoms with Gasteiger partial charge in [0.2, 0.25) is 0 Å². The van der Waals surface area contributed by atoms with E-state index in [0.29, 0.717) is 5.69 Å². The van der Waals surface area contributed by atoms with Crippen LogP contribution in [0.5, 0.6) is 0 Å². The molecular formula is C15H17FN2. The molecule has 0 amide bonds. The number of hydrogen-bond donors (Lipinski definition) is 2. The number of benzene rings is 2. The zero-order valence-electron chi connectivity index (χ0n) is 10.4. The van der Waals surface area contributed by atoms with Crippen molar-refractivity contribution in [2.24, 2.45) is 0 Å². The molecule has 3 N–H and O–H groups in total. The Morgan fingerprint density at radius 2 is 1.83 bits per heavy atom. The molecule has 0 spiro atoms. The van der Waals surface area contributed by atoms with Crippen molar-refractivity contribution in [2.45, 2.75) is 13.3 Å². The molecule has 0 aliphatic rings. The molecule has 2 nitrogen and oxygen atoms in total. The highest BCUT2D eigenvalue weighted by Crippen LogP contribution is 2.18. The maximum Gasteiger partial charge on any atom is 0.125 e. The largest absolute Gasteiger partial charge is 0.397 e. The van der Waals surface area contributed by atoms with Crippen LogP contribution in [-0.4, -0.2) is 6.54 Å². The van der Waals surface area contributed by atoms with Crippen molar-refractivity contribution in [3.05, 3.63) is 59.4 Å². The van der Waals surface area contributed by atoms with E-state index in [4.69, 9.17) is 5.73 Å². The molecule has 0 unspecified atom stereocenters. The van der Waals surface area contributed by atoms with E-state index in [1.807, 2.05) is 0 Å². The van der Waals surface area contributed by atoms with Gasteiger partial charge in [-0.05, 0) is 37.1 Å². The average Bonchev–Trinajstić information content (AvgIpc) is 2.34. The lowest BCUT2D eigenvalue weighted by Crippen LogP contribution is -2.07. The number of aryl methyl sites for hydroxylation is 1. The van der Waals surface area contributed by atoms with E-state index in [0.717, 1.165) is 18.7 Å². The van der Waals surface area contributed by atoms with Crippen molar-refractivity contribution >= 4 is 11.4 Å². The van der Waals surface area contributed by atoms with Crippen LogP contribution in [0, 0.1) is 12.7 Å². The average molecular weight is 244 g/mol. The van der Waals surface area contributed by atoms with Crippen LogP contribution in [-0.2, 0) is 6.42 Å². The van der Waals surface area contributed by atoms with Gasteiger partial charge >= 0.3 is 0 Å². The molecule has 0 saturated heterocycles. The summed E-state index contributed by atoms with van der Waals surface area (Å²) < 4.78 is 12.9. The molecule has 0 heterocycles. The molecule has 2 aromatic rings. The molecule has 18 heavy (non-hydrogen) atoms. The normalized spacial score (nSPS) is 10.3. The Morgan fingerprint density at radius 1 is 1.11 bits per heavy atom. The van der Waals surface area contributed by atoms with Gasteiger partial charge in [-0.3, -0.25) is 0 Å². The Morgan fingerprint density at radius 3 is 2.50 bits per heavy atom. The zero-order chi connectivity index (χ0) is 13.0. The van der Waals surface area contributed by atoms with Crippen molar-refractivity contribution in [3.63, 3.8) is 0 Å². The van der Waals surface area contributed by atoms with Crippen LogP contribution in [0.2, 0.25) is 0 Å². The third kappa shape index (κ3) is 3.23. The van der Waals surface area contributed by atoms with E-state index in [2.05, 4.69) is 36.5 Å². The molecule has 94 valence electrons. The maximum absolute atomic E-state index is 12.9. The Kier molecular flexibility index (Phi) is 3.82. The molecule has 3 heteroatoms. The quantitative estimate of drug-likeness (QED) is 0.809. The summed E-state index contributed by atoms with van der Waals surface area (Å²) in [7, 11) is 0. The van der Waals surface area contributed by atoms with E-state index < -0.39 is 0 Å². The molecule has 0 radical (unpaired) electrons. The fraction of sp³-hybridized carbons (Fsp3) is 0.200. The van der Waals surface area contributed by atoms with Gasteiger partial charge in [0.05, 0.1) is 11.4 Å². The lowest BCUT2D eigenvalue weighted by molar-refractivity contribution is 0.628. The third-order valence-electron chi connectivity index (χ3n) is 2.86. The molecule has 2 aromatic carbocycles. The first-order valence-corrected chi connectivity index (χ1v) is 5.99. The molecule has 0 aliphatic carbocycles. The lowest BCUT2D eigenvalue weighted by atomic mass is 10.1. The van der Waals surface area contributed by atoms with Crippen molar-refractivity contribution in [2.75, 3.05) is 17.6 Å². The molecule has 0 atom stereocenters. The maximum atomic E-state index is 12.9. The van der Waals surface area contributed by atoms with Gasteiger partial charge in [0, 0.05) is 6.54 Å². The highest BCUT2D eigenvalue weighted by molar-refractivity contribution is 5.65. The highest BCUT2D eigenvalue weighted by Gasteiger charge is 2.00. The summed E-state index contributed by atoms with van der Waals surface area (Å²) in [5.74, 6) is -0.309. The van der Waals surface area contributed by atoms with Gasteiger partial charge in [0.25, 0.3) is 0 Å². The monoisotopic (exact) mass is 244 g/mol. The summed E-state index contributed by atoms with van der Waals surface area (Å²) in [6.07, 6.45) is 0.914. The minimum absolute atomic E-state index is 0.309. The van der Waals surface area contributed by atoms with Crippen molar-refractivity contribution in [3.8, 4) is 0 Å². The summed E-state index contributed by atoms with van der Waals surface area (Å²) in [6, 6.07) is 12.8. The third-order valence-corrected chi connectivity index (χ3v) is 2.86. The van der Waals surface area contributed by atoms with Gasteiger partial charge < -0.3 is 11.1 Å². The Labute approximate surface area is 107 Å². The second-order valence-corrected chi connectivity index (χ2v) is 4.39. The number of rotatable bonds is 4. The minimum Gasteiger partial charge on any atom is -0.397 e. The second kappa shape index (κ2) is 5.54. The van der Waals surface area contributed by atoms with Gasteiger partial charge in [-0.2, -0.15) is 0 Å². The van der Waals surface area contributed by atoms with E-state index in [1.165, 1.54) is 23.3 Å². The van der Waals surface area contributed by atoms with Crippen LogP contribution in [0.4, 0.5) is 15.8 Å². The number of hydrogen-bond acceptors (Lipinski definition) is 2. The molecule has 0 saturated carbocycles. The smallest absolute Gasteiger partial charge is 0.125 e. The van der Waals surface area contributed by atoms with E-state index in [-0.39, 0.29) is 5.82 Å². The second-order valence-electron chi connectivity index (χ2n) is 4.39. The summed E-state index contributed by atoms with van der Waals surface area (Å²) >= 11 is 0. The summed E-state index contributed by atoms with van der Waals surface area (Å²) in [5, 5.41) is 3.21. The van der Waals surface area contributed by atoms with Crippen molar-refractivity contribution in [1.82, 2.24) is 0 Å². The predicted octanol–water partition coefficient (Wildman–Crippen LogP) is 3.37. The van der Waals surface area contributed by atoms with Crippen LogP contribution >= 0.6 is 0 Å². The van der Waals surface area contributed by atoms with Crippen LogP contribution in [0.1, 0.15) is 11.1 Å². The number of halogens is 1. The van der Waals surface area contributed by atoms with Gasteiger partial charge in [0.1, 0.15) is 5.82 Å². The first-order chi connectivity index (χ1) is 8.65. The molecule has 0 aromatic heterocycles. The van der Waals surface area contributed by atoms with Gasteiger partial charge in [-0.15, -0.1) is 0 Å². The predicted molar refractivity (Wildman–Crippen MR) is 74.2 cm³/mol. The zero-order valence-corrected chi connectivity index (χ0v) is 10.4. The molecule has 2 rings (SSSR count). The summed E-state index contributed by atoms with van der Waals surface area (Å²) in [6.45, 7) is 2.85. The minimum atomic E-state index is -0.309. The van der Waals surface area contributed by atoms with Crippen molar-refractivity contribution in [1.29, 1.82) is 0 Å². The molecule has 0 aliphatic heterocycles. The first-order valence-electron chi connectivity index (χ1n) is 5.99. The number of nitrogens with one attached hydrogen (secondary N) is 1. The van der Waals surface area contributed by atoms with Gasteiger partial charge in [-0.25, -0.2) is 4.39 Å². The van der Waals surface area contributed by atoms with E-state index in [1.54, 1.807) is 6.07 Å². The van der Waals surface area contributed by atoms with Crippen LogP contribution in [0.25, 0.3) is 0 Å². The topological polar surface area (TPSA) is 38.0 Å². The summed E-state index contributed by atoms with van der Waals surface area (Å²) in [5.41, 5.74) is 9.47. The number of nitrogen functional groups attached to an aromatic ring is 1. The standard InChI is InChI=1S/C15H17FN2/c1-11-2-4-12(5-3-11)8-9-18-15-7-6-13(16)10-14(15)17/h2-7,10,18H,8-9,17H2,1H3. The number of anilines is 2. The van der Waals surface area contributed by atoms with E-state index >= 15 is 0 Å². The fourth-order valence-corrected chi connectivity index (χ4v) is 1.79. The number of nitrogens with two attached hydrogens (primary N) is 1. The first kappa shape index (κ1) is 12.4. The molecular weight excluding hydrogens is 227 g/mol. The molecule has 0 fully saturated rings. The van der Waals surface area contributed by atoms with Crippen molar-refractivity contribution < 1.29 is 4.39 Å². The van der Waals surface area contributed by atoms with Crippen LogP contribution in [0.15, 0.2) is 42.5 Å². The highest BCUT2D eigenvalue weighted by atomic mass is 19.1. The lowest BCUT2D eigenvalue weighted by Gasteiger charge is -2.09. The van der Waals surface area contributed by atoms with Crippen LogP contribution in [0.3, 0.4) is 0 Å². The van der Waals surface area contributed by atoms with E-state index in [9.17, 15) is 4.39 Å². The Bertz CT molecular complexity index is 521. The SMILES string of the molecule is Cc1ccc(CCNc2ccc(F)cc2N)cc1. The fourth-order valence-electron chi connectivity index (χ4n) is 1.79. The van der Waals surface area contributed by atoms with Gasteiger partial charge in [-0.1, -0.05) is 29.8 Å². The molecule has 0 bridgehead atoms. The summed E-state index contributed by atoms with van der Waals surface area (Å²) in [4.78, 5) is 0. The van der Waals surface area contributed by atoms with Gasteiger partial charge in [0.15, 0.2) is 0 Å². The Balaban J connectivity index is 1.90. The Hall–Kier alpha value is -2.03.